The maximum atomic E-state index is 13.7. The van der Waals surface area contributed by atoms with Gasteiger partial charge in [-0.25, -0.2) is 4.98 Å². The molecule has 1 aliphatic heterocycles. The SMILES string of the molecule is Cc1c(C#Cc2cnc3cnc(-c4ccc(N)cc4)cn23)cccc1C(=O)Nc1cc(CN2CCN(C)CC2)cc(C(C)(C)C)c1. The number of anilines is 2. The molecule has 3 heterocycles. The first kappa shape index (κ1) is 31.0. The Hall–Kier alpha value is -4.97. The maximum Gasteiger partial charge on any atom is 0.255 e. The molecule has 234 valence electrons. The van der Waals surface area contributed by atoms with Gasteiger partial charge in [-0.05, 0) is 78.4 Å². The Bertz CT molecular complexity index is 1950. The van der Waals surface area contributed by atoms with Crippen molar-refractivity contribution in [2.75, 3.05) is 44.3 Å². The second-order valence-corrected chi connectivity index (χ2v) is 13.2. The summed E-state index contributed by atoms with van der Waals surface area (Å²) in [6.07, 6.45) is 5.40. The van der Waals surface area contributed by atoms with Crippen molar-refractivity contribution in [1.29, 1.82) is 0 Å². The smallest absolute Gasteiger partial charge is 0.255 e. The van der Waals surface area contributed by atoms with Crippen LogP contribution < -0.4 is 11.1 Å². The molecule has 8 heteroatoms. The average Bonchev–Trinajstić information content (AvgIpc) is 3.43. The summed E-state index contributed by atoms with van der Waals surface area (Å²) < 4.78 is 1.93. The lowest BCUT2D eigenvalue weighted by molar-refractivity contribution is 0.102. The molecule has 8 nitrogen and oxygen atoms in total. The number of carbonyl (C=O) groups excluding carboxylic acids is 1. The monoisotopic (exact) mass is 611 g/mol. The number of carbonyl (C=O) groups is 1. The molecule has 0 atom stereocenters. The van der Waals surface area contributed by atoms with Crippen LogP contribution in [0.15, 0.2) is 79.3 Å². The Balaban J connectivity index is 1.24. The first-order chi connectivity index (χ1) is 22.0. The van der Waals surface area contributed by atoms with E-state index in [2.05, 4.69) is 82.9 Å². The van der Waals surface area contributed by atoms with Crippen LogP contribution in [0.25, 0.3) is 16.9 Å². The summed E-state index contributed by atoms with van der Waals surface area (Å²) in [5.41, 5.74) is 15.1. The molecule has 6 rings (SSSR count). The van der Waals surface area contributed by atoms with Crippen molar-refractivity contribution in [3.8, 4) is 23.1 Å². The fraction of sp³-hybridized carbons (Fsp3) is 0.289. The normalized spacial score (nSPS) is 14.2. The summed E-state index contributed by atoms with van der Waals surface area (Å²) in [6, 6.07) is 19.8. The lowest BCUT2D eigenvalue weighted by Crippen LogP contribution is -2.43. The largest absolute Gasteiger partial charge is 0.399 e. The van der Waals surface area contributed by atoms with E-state index in [0.717, 1.165) is 66.5 Å². The van der Waals surface area contributed by atoms with Crippen LogP contribution in [-0.4, -0.2) is 63.3 Å². The van der Waals surface area contributed by atoms with Crippen LogP contribution in [0.3, 0.4) is 0 Å². The van der Waals surface area contributed by atoms with E-state index < -0.39 is 0 Å². The number of hydrogen-bond acceptors (Lipinski definition) is 6. The third-order valence-corrected chi connectivity index (χ3v) is 8.62. The molecule has 1 fully saturated rings. The maximum absolute atomic E-state index is 13.7. The molecule has 2 aromatic heterocycles. The number of aromatic nitrogens is 3. The van der Waals surface area contributed by atoms with Crippen LogP contribution in [0.4, 0.5) is 11.4 Å². The molecule has 3 aromatic carbocycles. The van der Waals surface area contributed by atoms with Crippen molar-refractivity contribution in [2.24, 2.45) is 0 Å². The highest BCUT2D eigenvalue weighted by Gasteiger charge is 2.20. The van der Waals surface area contributed by atoms with E-state index in [1.165, 1.54) is 11.1 Å². The molecule has 3 N–H and O–H groups in total. The molecule has 0 unspecified atom stereocenters. The summed E-state index contributed by atoms with van der Waals surface area (Å²) in [4.78, 5) is 27.6. The molecule has 0 aliphatic carbocycles. The molecule has 0 bridgehead atoms. The highest BCUT2D eigenvalue weighted by Crippen LogP contribution is 2.28. The molecular formula is C38H41N7O. The predicted octanol–water partition coefficient (Wildman–Crippen LogP) is 5.98. The Morgan fingerprint density at radius 1 is 0.957 bits per heavy atom. The third kappa shape index (κ3) is 6.96. The first-order valence-electron chi connectivity index (χ1n) is 15.7. The zero-order valence-corrected chi connectivity index (χ0v) is 27.3. The summed E-state index contributed by atoms with van der Waals surface area (Å²) in [7, 11) is 2.17. The number of nitrogens with zero attached hydrogens (tertiary/aromatic N) is 5. The number of imidazole rings is 1. The van der Waals surface area contributed by atoms with Gasteiger partial charge in [-0.1, -0.05) is 51.0 Å². The van der Waals surface area contributed by atoms with E-state index in [4.69, 9.17) is 5.73 Å². The minimum atomic E-state index is -0.147. The molecule has 5 aromatic rings. The zero-order chi connectivity index (χ0) is 32.4. The molecule has 0 saturated carbocycles. The van der Waals surface area contributed by atoms with Gasteiger partial charge < -0.3 is 16.0 Å². The van der Waals surface area contributed by atoms with Crippen molar-refractivity contribution >= 4 is 22.9 Å². The Kier molecular flexibility index (Phi) is 8.63. The molecule has 1 saturated heterocycles. The quantitative estimate of drug-likeness (QED) is 0.188. The number of nitrogen functional groups attached to an aromatic ring is 1. The topological polar surface area (TPSA) is 91.8 Å². The number of amides is 1. The van der Waals surface area contributed by atoms with E-state index in [-0.39, 0.29) is 11.3 Å². The van der Waals surface area contributed by atoms with Gasteiger partial charge in [-0.2, -0.15) is 0 Å². The van der Waals surface area contributed by atoms with Crippen LogP contribution in [0.2, 0.25) is 0 Å². The van der Waals surface area contributed by atoms with Gasteiger partial charge in [0.1, 0.15) is 5.69 Å². The summed E-state index contributed by atoms with van der Waals surface area (Å²) in [6.45, 7) is 13.7. The number of likely N-dealkylation sites (N-methyl/N-ethyl adjacent to an activating group) is 1. The van der Waals surface area contributed by atoms with Crippen LogP contribution in [-0.2, 0) is 12.0 Å². The second-order valence-electron chi connectivity index (χ2n) is 13.2. The fourth-order valence-corrected chi connectivity index (χ4v) is 5.68. The van der Waals surface area contributed by atoms with E-state index >= 15 is 0 Å². The highest BCUT2D eigenvalue weighted by atomic mass is 16.1. The standard InChI is InChI=1S/C38H41N7O/c1-26-28(11-14-33-22-41-36-23-40-35(25-45(33)36)29-9-12-31(39)13-10-29)7-6-8-34(26)37(46)42-32-20-27(19-30(21-32)38(2,3)4)24-44-17-15-43(5)16-18-44/h6-10,12-13,19-23,25H,15-18,24,39H2,1-5H3,(H,42,46). The van der Waals surface area contributed by atoms with Crippen molar-refractivity contribution in [3.63, 3.8) is 0 Å². The number of hydrogen-bond donors (Lipinski definition) is 2. The van der Waals surface area contributed by atoms with Crippen LogP contribution in [0, 0.1) is 18.8 Å². The number of fused-ring (bicyclic) bond motifs is 1. The zero-order valence-electron chi connectivity index (χ0n) is 27.3. The van der Waals surface area contributed by atoms with E-state index in [1.54, 1.807) is 12.4 Å². The predicted molar refractivity (Wildman–Crippen MR) is 186 cm³/mol. The molecular weight excluding hydrogens is 570 g/mol. The average molecular weight is 612 g/mol. The van der Waals surface area contributed by atoms with E-state index in [1.807, 2.05) is 60.0 Å². The fourth-order valence-electron chi connectivity index (χ4n) is 5.68. The van der Waals surface area contributed by atoms with E-state index in [0.29, 0.717) is 16.9 Å². The lowest BCUT2D eigenvalue weighted by Gasteiger charge is -2.32. The molecule has 46 heavy (non-hydrogen) atoms. The molecule has 1 aliphatic rings. The minimum absolute atomic E-state index is 0.0488. The van der Waals surface area contributed by atoms with Crippen molar-refractivity contribution in [1.82, 2.24) is 24.2 Å². The van der Waals surface area contributed by atoms with Gasteiger partial charge in [0.15, 0.2) is 5.65 Å². The summed E-state index contributed by atoms with van der Waals surface area (Å²) in [5.74, 6) is 6.40. The number of nitrogens with one attached hydrogen (secondary N) is 1. The number of benzene rings is 3. The summed E-state index contributed by atoms with van der Waals surface area (Å²) in [5, 5.41) is 3.20. The van der Waals surface area contributed by atoms with Crippen molar-refractivity contribution < 1.29 is 4.79 Å². The molecule has 1 amide bonds. The van der Waals surface area contributed by atoms with Gasteiger partial charge in [-0.15, -0.1) is 0 Å². The third-order valence-electron chi connectivity index (χ3n) is 8.62. The number of rotatable bonds is 5. The van der Waals surface area contributed by atoms with Gasteiger partial charge in [0, 0.05) is 67.0 Å². The van der Waals surface area contributed by atoms with Crippen molar-refractivity contribution in [2.45, 2.75) is 39.7 Å². The van der Waals surface area contributed by atoms with Crippen LogP contribution >= 0.6 is 0 Å². The van der Waals surface area contributed by atoms with Gasteiger partial charge in [0.2, 0.25) is 0 Å². The van der Waals surface area contributed by atoms with Gasteiger partial charge >= 0.3 is 0 Å². The van der Waals surface area contributed by atoms with Crippen LogP contribution in [0.5, 0.6) is 0 Å². The first-order valence-corrected chi connectivity index (χ1v) is 15.7. The highest BCUT2D eigenvalue weighted by molar-refractivity contribution is 6.05. The Morgan fingerprint density at radius 3 is 2.46 bits per heavy atom. The number of nitrogens with two attached hydrogens (primary N) is 1. The Morgan fingerprint density at radius 2 is 1.72 bits per heavy atom. The Labute approximate surface area is 271 Å². The summed E-state index contributed by atoms with van der Waals surface area (Å²) >= 11 is 0. The van der Waals surface area contributed by atoms with E-state index in [9.17, 15) is 4.79 Å². The van der Waals surface area contributed by atoms with Gasteiger partial charge in [0.25, 0.3) is 5.91 Å². The van der Waals surface area contributed by atoms with Crippen molar-refractivity contribution in [3.05, 3.63) is 113 Å². The number of piperazine rings is 1. The lowest BCUT2D eigenvalue weighted by atomic mass is 9.85. The van der Waals surface area contributed by atoms with Gasteiger partial charge in [0.05, 0.1) is 18.1 Å². The van der Waals surface area contributed by atoms with Gasteiger partial charge in [-0.3, -0.25) is 19.1 Å². The van der Waals surface area contributed by atoms with Crippen LogP contribution in [0.1, 0.15) is 59.1 Å². The second kappa shape index (κ2) is 12.8. The molecule has 0 radical (unpaired) electrons. The molecule has 0 spiro atoms. The minimum Gasteiger partial charge on any atom is -0.399 e.